The van der Waals surface area contributed by atoms with E-state index in [1.165, 1.54) is 10.5 Å². The minimum Gasteiger partial charge on any atom is -0.319 e. The van der Waals surface area contributed by atoms with Crippen molar-refractivity contribution in [3.63, 3.8) is 0 Å². The number of benzene rings is 2. The Hall–Kier alpha value is -2.62. The minimum absolute atomic E-state index is 0.179. The molecule has 23 heavy (non-hydrogen) atoms. The van der Waals surface area contributed by atoms with Gasteiger partial charge in [-0.05, 0) is 30.9 Å². The predicted octanol–water partition coefficient (Wildman–Crippen LogP) is 3.09. The van der Waals surface area contributed by atoms with Gasteiger partial charge in [-0.1, -0.05) is 60.7 Å². The smallest absolute Gasteiger partial charge is 0.319 e. The Morgan fingerprint density at radius 1 is 0.957 bits per heavy atom. The number of nitrogens with zero attached hydrogens (tertiary/aromatic N) is 1. The molecule has 4 nitrogen and oxygen atoms in total. The number of nitrogens with one attached hydrogen (secondary N) is 1. The maximum atomic E-state index is 12.7. The van der Waals surface area contributed by atoms with Crippen molar-refractivity contribution in [1.82, 2.24) is 10.2 Å². The van der Waals surface area contributed by atoms with Gasteiger partial charge in [-0.25, -0.2) is 4.79 Å². The molecule has 2 aromatic rings. The number of hydrogen-bond acceptors (Lipinski definition) is 2. The number of carbonyl (C=O) groups excluding carboxylic acids is 2. The van der Waals surface area contributed by atoms with E-state index in [9.17, 15) is 9.59 Å². The van der Waals surface area contributed by atoms with E-state index in [-0.39, 0.29) is 11.9 Å². The second-order valence-electron chi connectivity index (χ2n) is 5.97. The largest absolute Gasteiger partial charge is 0.325 e. The van der Waals surface area contributed by atoms with Crippen LogP contribution in [0.5, 0.6) is 0 Å². The van der Waals surface area contributed by atoms with Crippen LogP contribution in [-0.2, 0) is 16.8 Å². The van der Waals surface area contributed by atoms with Crippen molar-refractivity contribution in [2.75, 3.05) is 6.54 Å². The summed E-state index contributed by atoms with van der Waals surface area (Å²) in [7, 11) is 0. The fourth-order valence-electron chi connectivity index (χ4n) is 2.95. The van der Waals surface area contributed by atoms with E-state index >= 15 is 0 Å². The van der Waals surface area contributed by atoms with Crippen LogP contribution in [0.2, 0.25) is 0 Å². The van der Waals surface area contributed by atoms with E-state index in [1.807, 2.05) is 48.5 Å². The molecule has 2 aromatic carbocycles. The van der Waals surface area contributed by atoms with Crippen LogP contribution >= 0.6 is 0 Å². The van der Waals surface area contributed by atoms with Crippen LogP contribution in [0, 0.1) is 0 Å². The lowest BCUT2D eigenvalue weighted by molar-refractivity contribution is -0.131. The Morgan fingerprint density at radius 3 is 2.22 bits per heavy atom. The fourth-order valence-corrected chi connectivity index (χ4v) is 2.95. The van der Waals surface area contributed by atoms with Crippen molar-refractivity contribution in [3.8, 4) is 0 Å². The molecular formula is C19H20N2O2. The van der Waals surface area contributed by atoms with Gasteiger partial charge < -0.3 is 5.32 Å². The van der Waals surface area contributed by atoms with E-state index in [4.69, 9.17) is 0 Å². The summed E-state index contributed by atoms with van der Waals surface area (Å²) in [5, 5.41) is 2.83. The van der Waals surface area contributed by atoms with Gasteiger partial charge in [0.2, 0.25) is 0 Å². The molecule has 1 atom stereocenters. The second-order valence-corrected chi connectivity index (χ2v) is 5.97. The highest BCUT2D eigenvalue weighted by atomic mass is 16.2. The first kappa shape index (κ1) is 15.3. The number of amides is 3. The topological polar surface area (TPSA) is 49.4 Å². The maximum absolute atomic E-state index is 12.7. The molecule has 3 amide bonds. The van der Waals surface area contributed by atoms with E-state index in [2.05, 4.69) is 17.4 Å². The summed E-state index contributed by atoms with van der Waals surface area (Å²) in [6.07, 6.45) is 1.61. The van der Waals surface area contributed by atoms with Crippen LogP contribution in [-0.4, -0.2) is 23.4 Å². The monoisotopic (exact) mass is 308 g/mol. The molecule has 0 unspecified atom stereocenters. The Balaban J connectivity index is 1.67. The first-order chi connectivity index (χ1) is 11.1. The summed E-state index contributed by atoms with van der Waals surface area (Å²) in [5.74, 6) is -0.179. The fraction of sp³-hybridized carbons (Fsp3) is 0.263. The van der Waals surface area contributed by atoms with Gasteiger partial charge in [-0.2, -0.15) is 0 Å². The highest BCUT2D eigenvalue weighted by Gasteiger charge is 2.48. The summed E-state index contributed by atoms with van der Waals surface area (Å²) in [4.78, 5) is 26.3. The number of rotatable bonds is 5. The van der Waals surface area contributed by atoms with Crippen molar-refractivity contribution in [2.24, 2.45) is 0 Å². The van der Waals surface area contributed by atoms with E-state index in [0.29, 0.717) is 6.54 Å². The van der Waals surface area contributed by atoms with Gasteiger partial charge in [0.15, 0.2) is 0 Å². The van der Waals surface area contributed by atoms with Crippen LogP contribution in [0.4, 0.5) is 4.79 Å². The lowest BCUT2D eigenvalue weighted by atomic mass is 9.92. The molecule has 0 bridgehead atoms. The van der Waals surface area contributed by atoms with Crippen LogP contribution in [0.15, 0.2) is 60.7 Å². The van der Waals surface area contributed by atoms with Crippen molar-refractivity contribution in [3.05, 3.63) is 71.8 Å². The van der Waals surface area contributed by atoms with Gasteiger partial charge in [0.05, 0.1) is 0 Å². The molecule has 0 aliphatic carbocycles. The van der Waals surface area contributed by atoms with Crippen LogP contribution < -0.4 is 5.32 Å². The van der Waals surface area contributed by atoms with Gasteiger partial charge in [0, 0.05) is 6.54 Å². The zero-order valence-corrected chi connectivity index (χ0v) is 13.2. The third-order valence-electron chi connectivity index (χ3n) is 4.32. The molecule has 0 aromatic heterocycles. The number of urea groups is 1. The van der Waals surface area contributed by atoms with Crippen LogP contribution in [0.1, 0.15) is 24.5 Å². The molecule has 4 heteroatoms. The highest BCUT2D eigenvalue weighted by Crippen LogP contribution is 2.28. The lowest BCUT2D eigenvalue weighted by Crippen LogP contribution is -2.40. The van der Waals surface area contributed by atoms with Crippen molar-refractivity contribution < 1.29 is 9.59 Å². The molecule has 0 saturated carbocycles. The zero-order chi connectivity index (χ0) is 16.3. The summed E-state index contributed by atoms with van der Waals surface area (Å²) < 4.78 is 0. The first-order valence-electron chi connectivity index (χ1n) is 7.85. The quantitative estimate of drug-likeness (QED) is 0.863. The molecule has 1 fully saturated rings. The Morgan fingerprint density at radius 2 is 1.57 bits per heavy atom. The SMILES string of the molecule is C[C@]1(c2ccccc2)NC(=O)N(CCCc2ccccc2)C1=O. The Kier molecular flexibility index (Phi) is 4.15. The molecule has 1 N–H and O–H groups in total. The minimum atomic E-state index is -0.967. The predicted molar refractivity (Wildman–Crippen MR) is 88.8 cm³/mol. The molecule has 3 rings (SSSR count). The molecule has 1 aliphatic rings. The number of hydrogen-bond donors (Lipinski definition) is 1. The maximum Gasteiger partial charge on any atom is 0.325 e. The van der Waals surface area contributed by atoms with Gasteiger partial charge >= 0.3 is 6.03 Å². The van der Waals surface area contributed by atoms with E-state index in [1.54, 1.807) is 6.92 Å². The van der Waals surface area contributed by atoms with Gasteiger partial charge in [0.1, 0.15) is 5.54 Å². The van der Waals surface area contributed by atoms with Crippen molar-refractivity contribution in [1.29, 1.82) is 0 Å². The average Bonchev–Trinajstić information content (AvgIpc) is 2.81. The number of aryl methyl sites for hydroxylation is 1. The molecule has 1 saturated heterocycles. The third kappa shape index (κ3) is 2.97. The standard InChI is InChI=1S/C19H20N2O2/c1-19(16-12-6-3-7-13-16)17(22)21(18(23)20-19)14-8-11-15-9-4-2-5-10-15/h2-7,9-10,12-13H,8,11,14H2,1H3,(H,20,23)/t19-/m1/s1. The first-order valence-corrected chi connectivity index (χ1v) is 7.85. The average molecular weight is 308 g/mol. The van der Waals surface area contributed by atoms with Crippen LogP contribution in [0.3, 0.4) is 0 Å². The second kappa shape index (κ2) is 6.24. The van der Waals surface area contributed by atoms with Crippen molar-refractivity contribution in [2.45, 2.75) is 25.3 Å². The van der Waals surface area contributed by atoms with Crippen LogP contribution in [0.25, 0.3) is 0 Å². The zero-order valence-electron chi connectivity index (χ0n) is 13.2. The molecule has 1 heterocycles. The number of imide groups is 1. The summed E-state index contributed by atoms with van der Waals surface area (Å²) in [6, 6.07) is 19.1. The summed E-state index contributed by atoms with van der Waals surface area (Å²) >= 11 is 0. The van der Waals surface area contributed by atoms with Gasteiger partial charge in [0.25, 0.3) is 5.91 Å². The van der Waals surface area contributed by atoms with Gasteiger partial charge in [-0.15, -0.1) is 0 Å². The van der Waals surface area contributed by atoms with Gasteiger partial charge in [-0.3, -0.25) is 9.69 Å². The molecular weight excluding hydrogens is 288 g/mol. The van der Waals surface area contributed by atoms with Crippen molar-refractivity contribution >= 4 is 11.9 Å². The van der Waals surface area contributed by atoms with E-state index < -0.39 is 5.54 Å². The molecule has 0 radical (unpaired) electrons. The Bertz CT molecular complexity index is 700. The molecule has 1 aliphatic heterocycles. The third-order valence-corrected chi connectivity index (χ3v) is 4.32. The molecule has 118 valence electrons. The Labute approximate surface area is 136 Å². The number of carbonyl (C=O) groups is 2. The van der Waals surface area contributed by atoms with E-state index in [0.717, 1.165) is 18.4 Å². The highest BCUT2D eigenvalue weighted by molar-refractivity contribution is 6.07. The normalized spacial score (nSPS) is 20.7. The molecule has 0 spiro atoms. The summed E-state index contributed by atoms with van der Waals surface area (Å²) in [5.41, 5.74) is 1.06. The summed E-state index contributed by atoms with van der Waals surface area (Å²) in [6.45, 7) is 2.20. The lowest BCUT2D eigenvalue weighted by Gasteiger charge is -2.22.